The maximum absolute atomic E-state index is 11.9. The number of carbonyl (C=O) groups excluding carboxylic acids is 1. The van der Waals surface area contributed by atoms with Crippen LogP contribution in [0.15, 0.2) is 0 Å². The van der Waals surface area contributed by atoms with E-state index in [9.17, 15) is 4.79 Å². The fourth-order valence-electron chi connectivity index (χ4n) is 2.17. The van der Waals surface area contributed by atoms with E-state index in [0.29, 0.717) is 6.04 Å². The van der Waals surface area contributed by atoms with Crippen molar-refractivity contribution in [2.24, 2.45) is 0 Å². The number of urea groups is 1. The van der Waals surface area contributed by atoms with Crippen LogP contribution in [-0.4, -0.2) is 30.1 Å². The van der Waals surface area contributed by atoms with Gasteiger partial charge in [0.1, 0.15) is 0 Å². The Balaban J connectivity index is 2.34. The zero-order valence-corrected chi connectivity index (χ0v) is 10.1. The number of piperidine rings is 1. The number of nitrogens with zero attached hydrogens (tertiary/aromatic N) is 1. The van der Waals surface area contributed by atoms with Gasteiger partial charge in [-0.25, -0.2) is 4.79 Å². The van der Waals surface area contributed by atoms with Crippen LogP contribution < -0.4 is 5.32 Å². The second-order valence-electron chi connectivity index (χ2n) is 4.34. The highest BCUT2D eigenvalue weighted by molar-refractivity contribution is 5.74. The van der Waals surface area contributed by atoms with Gasteiger partial charge in [-0.05, 0) is 32.1 Å². The standard InChI is InChI=1S/C12H24N2O/c1-3-5-9-13-12(15)14-10-7-6-8-11(14)4-2/h11H,3-10H2,1-2H3,(H,13,15)/t11-/m1/s1. The van der Waals surface area contributed by atoms with Gasteiger partial charge in [-0.1, -0.05) is 20.3 Å². The van der Waals surface area contributed by atoms with Gasteiger partial charge in [-0.15, -0.1) is 0 Å². The van der Waals surface area contributed by atoms with E-state index in [-0.39, 0.29) is 6.03 Å². The highest BCUT2D eigenvalue weighted by Crippen LogP contribution is 2.19. The van der Waals surface area contributed by atoms with Crippen LogP contribution in [0.3, 0.4) is 0 Å². The number of amides is 2. The van der Waals surface area contributed by atoms with Crippen molar-refractivity contribution in [2.75, 3.05) is 13.1 Å². The predicted octanol–water partition coefficient (Wildman–Crippen LogP) is 2.76. The summed E-state index contributed by atoms with van der Waals surface area (Å²) in [5, 5.41) is 3.00. The minimum absolute atomic E-state index is 0.148. The van der Waals surface area contributed by atoms with Gasteiger partial charge in [0, 0.05) is 19.1 Å². The summed E-state index contributed by atoms with van der Waals surface area (Å²) in [6.07, 6.45) is 6.92. The van der Waals surface area contributed by atoms with Crippen LogP contribution in [0.5, 0.6) is 0 Å². The smallest absolute Gasteiger partial charge is 0.317 e. The Morgan fingerprint density at radius 3 is 2.87 bits per heavy atom. The molecule has 88 valence electrons. The lowest BCUT2D eigenvalue weighted by Crippen LogP contribution is -2.48. The van der Waals surface area contributed by atoms with Gasteiger partial charge in [-0.2, -0.15) is 0 Å². The molecule has 2 amide bonds. The Hall–Kier alpha value is -0.730. The molecule has 1 aliphatic heterocycles. The third kappa shape index (κ3) is 3.73. The summed E-state index contributed by atoms with van der Waals surface area (Å²) in [7, 11) is 0. The second-order valence-corrected chi connectivity index (χ2v) is 4.34. The first-order chi connectivity index (χ1) is 7.29. The lowest BCUT2D eigenvalue weighted by atomic mass is 10.0. The molecule has 1 saturated heterocycles. The average Bonchev–Trinajstić information content (AvgIpc) is 2.29. The van der Waals surface area contributed by atoms with Crippen molar-refractivity contribution in [3.05, 3.63) is 0 Å². The average molecular weight is 212 g/mol. The molecule has 0 bridgehead atoms. The van der Waals surface area contributed by atoms with Gasteiger partial charge in [0.25, 0.3) is 0 Å². The number of hydrogen-bond acceptors (Lipinski definition) is 1. The molecule has 3 nitrogen and oxygen atoms in total. The first-order valence-electron chi connectivity index (χ1n) is 6.34. The largest absolute Gasteiger partial charge is 0.338 e. The summed E-state index contributed by atoms with van der Waals surface area (Å²) < 4.78 is 0. The Morgan fingerprint density at radius 1 is 1.40 bits per heavy atom. The highest BCUT2D eigenvalue weighted by Gasteiger charge is 2.24. The third-order valence-electron chi connectivity index (χ3n) is 3.17. The van der Waals surface area contributed by atoms with E-state index in [1.807, 2.05) is 4.90 Å². The van der Waals surface area contributed by atoms with Crippen molar-refractivity contribution in [1.82, 2.24) is 10.2 Å². The Kier molecular flexibility index (Phi) is 5.51. The molecule has 1 aliphatic rings. The van der Waals surface area contributed by atoms with Crippen molar-refractivity contribution in [3.8, 4) is 0 Å². The summed E-state index contributed by atoms with van der Waals surface area (Å²) in [4.78, 5) is 13.9. The maximum atomic E-state index is 11.9. The molecule has 1 atom stereocenters. The second kappa shape index (κ2) is 6.70. The fraction of sp³-hybridized carbons (Fsp3) is 0.917. The molecule has 0 aromatic carbocycles. The number of unbranched alkanes of at least 4 members (excludes halogenated alkanes) is 1. The zero-order valence-electron chi connectivity index (χ0n) is 10.1. The molecule has 0 saturated carbocycles. The number of hydrogen-bond donors (Lipinski definition) is 1. The van der Waals surface area contributed by atoms with Gasteiger partial charge in [0.05, 0.1) is 0 Å². The van der Waals surface area contributed by atoms with E-state index >= 15 is 0 Å². The third-order valence-corrected chi connectivity index (χ3v) is 3.17. The summed E-state index contributed by atoms with van der Waals surface area (Å²) in [5.74, 6) is 0. The lowest BCUT2D eigenvalue weighted by molar-refractivity contribution is 0.149. The SMILES string of the molecule is CCCCNC(=O)N1CCCC[C@H]1CC. The van der Waals surface area contributed by atoms with Gasteiger partial charge < -0.3 is 10.2 Å². The topological polar surface area (TPSA) is 32.3 Å². The monoisotopic (exact) mass is 212 g/mol. The molecule has 0 spiro atoms. The number of carbonyl (C=O) groups is 1. The Bertz CT molecular complexity index is 194. The molecule has 0 aromatic heterocycles. The molecular weight excluding hydrogens is 188 g/mol. The minimum atomic E-state index is 0.148. The first-order valence-corrected chi connectivity index (χ1v) is 6.34. The summed E-state index contributed by atoms with van der Waals surface area (Å²) in [5.41, 5.74) is 0. The summed E-state index contributed by atoms with van der Waals surface area (Å²) in [6.45, 7) is 6.07. The minimum Gasteiger partial charge on any atom is -0.338 e. The maximum Gasteiger partial charge on any atom is 0.317 e. The van der Waals surface area contributed by atoms with Gasteiger partial charge in [-0.3, -0.25) is 0 Å². The van der Waals surface area contributed by atoms with Crippen molar-refractivity contribution >= 4 is 6.03 Å². The van der Waals surface area contributed by atoms with Gasteiger partial charge in [0.15, 0.2) is 0 Å². The summed E-state index contributed by atoms with van der Waals surface area (Å²) in [6, 6.07) is 0.621. The zero-order chi connectivity index (χ0) is 11.1. The van der Waals surface area contributed by atoms with Crippen LogP contribution in [0.1, 0.15) is 52.4 Å². The van der Waals surface area contributed by atoms with E-state index in [0.717, 1.165) is 38.8 Å². The molecule has 1 heterocycles. The van der Waals surface area contributed by atoms with Crippen LogP contribution in [0.4, 0.5) is 4.79 Å². The van der Waals surface area contributed by atoms with Crippen molar-refractivity contribution in [3.63, 3.8) is 0 Å². The first kappa shape index (κ1) is 12.3. The molecule has 1 N–H and O–H groups in total. The molecule has 15 heavy (non-hydrogen) atoms. The lowest BCUT2D eigenvalue weighted by Gasteiger charge is -2.35. The quantitative estimate of drug-likeness (QED) is 0.714. The van der Waals surface area contributed by atoms with Crippen molar-refractivity contribution in [2.45, 2.75) is 58.4 Å². The molecule has 3 heteroatoms. The molecule has 0 radical (unpaired) electrons. The molecule has 1 fully saturated rings. The fourth-order valence-corrected chi connectivity index (χ4v) is 2.17. The van der Waals surface area contributed by atoms with Crippen LogP contribution >= 0.6 is 0 Å². The molecular formula is C12H24N2O. The molecule has 1 rings (SSSR count). The van der Waals surface area contributed by atoms with E-state index in [1.54, 1.807) is 0 Å². The molecule has 0 aliphatic carbocycles. The Morgan fingerprint density at radius 2 is 2.20 bits per heavy atom. The van der Waals surface area contributed by atoms with Crippen LogP contribution in [0, 0.1) is 0 Å². The van der Waals surface area contributed by atoms with E-state index < -0.39 is 0 Å². The van der Waals surface area contributed by atoms with Crippen molar-refractivity contribution < 1.29 is 4.79 Å². The Labute approximate surface area is 93.2 Å². The number of likely N-dealkylation sites (tertiary alicyclic amines) is 1. The van der Waals surface area contributed by atoms with Crippen LogP contribution in [-0.2, 0) is 0 Å². The molecule has 0 aromatic rings. The van der Waals surface area contributed by atoms with Crippen LogP contribution in [0.2, 0.25) is 0 Å². The predicted molar refractivity (Wildman–Crippen MR) is 62.9 cm³/mol. The van der Waals surface area contributed by atoms with E-state index in [4.69, 9.17) is 0 Å². The van der Waals surface area contributed by atoms with Crippen LogP contribution in [0.25, 0.3) is 0 Å². The van der Waals surface area contributed by atoms with E-state index in [2.05, 4.69) is 19.2 Å². The van der Waals surface area contributed by atoms with Gasteiger partial charge in [0.2, 0.25) is 0 Å². The van der Waals surface area contributed by atoms with Crippen molar-refractivity contribution in [1.29, 1.82) is 0 Å². The summed E-state index contributed by atoms with van der Waals surface area (Å²) >= 11 is 0. The molecule has 0 unspecified atom stereocenters. The van der Waals surface area contributed by atoms with E-state index in [1.165, 1.54) is 12.8 Å². The van der Waals surface area contributed by atoms with Gasteiger partial charge >= 0.3 is 6.03 Å². The number of nitrogens with one attached hydrogen (secondary N) is 1. The number of rotatable bonds is 4. The normalized spacial score (nSPS) is 21.5. The highest BCUT2D eigenvalue weighted by atomic mass is 16.2.